The Balaban J connectivity index is 1.46. The van der Waals surface area contributed by atoms with Gasteiger partial charge in [-0.15, -0.1) is 10.2 Å². The molecule has 0 amide bonds. The quantitative estimate of drug-likeness (QED) is 0.416. The van der Waals surface area contributed by atoms with E-state index in [1.807, 2.05) is 80.6 Å². The highest BCUT2D eigenvalue weighted by Crippen LogP contribution is 2.30. The fourth-order valence-electron chi connectivity index (χ4n) is 2.85. The maximum atomic E-state index is 6.03. The minimum absolute atomic E-state index is 0.725. The van der Waals surface area contributed by atoms with Crippen molar-refractivity contribution in [3.8, 4) is 17.3 Å². The van der Waals surface area contributed by atoms with E-state index < -0.39 is 0 Å². The lowest BCUT2D eigenvalue weighted by Gasteiger charge is -2.10. The van der Waals surface area contributed by atoms with E-state index in [0.29, 0.717) is 0 Å². The molecule has 2 aromatic carbocycles. The van der Waals surface area contributed by atoms with Crippen molar-refractivity contribution in [2.75, 3.05) is 0 Å². The first-order valence-electron chi connectivity index (χ1n) is 9.00. The first kappa shape index (κ1) is 18.3. The minimum atomic E-state index is 0.725. The van der Waals surface area contributed by atoms with Crippen molar-refractivity contribution < 1.29 is 4.74 Å². The van der Waals surface area contributed by atoms with Crippen molar-refractivity contribution in [3.63, 3.8) is 0 Å². The van der Waals surface area contributed by atoms with Crippen molar-refractivity contribution in [1.29, 1.82) is 0 Å². The molecule has 2 heterocycles. The Morgan fingerprint density at radius 3 is 2.39 bits per heavy atom. The molecule has 6 heteroatoms. The van der Waals surface area contributed by atoms with Crippen LogP contribution in [0.2, 0.25) is 0 Å². The van der Waals surface area contributed by atoms with E-state index in [0.717, 1.165) is 45.0 Å². The van der Waals surface area contributed by atoms with E-state index in [-0.39, 0.29) is 0 Å². The fourth-order valence-corrected chi connectivity index (χ4v) is 3.66. The fraction of sp³-hybridized carbons (Fsp3) is 0.136. The molecule has 5 nitrogen and oxygen atoms in total. The molecule has 0 radical (unpaired) electrons. The van der Waals surface area contributed by atoms with Crippen molar-refractivity contribution in [1.82, 2.24) is 20.0 Å². The minimum Gasteiger partial charge on any atom is -0.457 e. The highest BCUT2D eigenvalue weighted by molar-refractivity contribution is 7.98. The molecule has 0 bridgehead atoms. The summed E-state index contributed by atoms with van der Waals surface area (Å²) >= 11 is 1.63. The summed E-state index contributed by atoms with van der Waals surface area (Å²) in [4.78, 5) is 0. The van der Waals surface area contributed by atoms with Gasteiger partial charge in [-0.2, -0.15) is 5.10 Å². The Kier molecular flexibility index (Phi) is 5.39. The van der Waals surface area contributed by atoms with Crippen molar-refractivity contribution in [3.05, 3.63) is 89.7 Å². The third-order valence-corrected chi connectivity index (χ3v) is 5.14. The van der Waals surface area contributed by atoms with Gasteiger partial charge in [-0.25, -0.2) is 4.68 Å². The van der Waals surface area contributed by atoms with Crippen LogP contribution in [-0.4, -0.2) is 20.0 Å². The number of benzene rings is 2. The van der Waals surface area contributed by atoms with Gasteiger partial charge in [0.15, 0.2) is 5.82 Å². The third-order valence-electron chi connectivity index (χ3n) is 4.17. The van der Waals surface area contributed by atoms with E-state index in [4.69, 9.17) is 4.74 Å². The second-order valence-corrected chi connectivity index (χ2v) is 7.38. The van der Waals surface area contributed by atoms with Gasteiger partial charge in [0, 0.05) is 17.0 Å². The van der Waals surface area contributed by atoms with Gasteiger partial charge in [0.05, 0.1) is 5.69 Å². The van der Waals surface area contributed by atoms with Crippen molar-refractivity contribution in [2.24, 2.45) is 0 Å². The molecule has 0 aliphatic carbocycles. The molecule has 0 saturated heterocycles. The van der Waals surface area contributed by atoms with Crippen LogP contribution in [0.5, 0.6) is 11.5 Å². The maximum Gasteiger partial charge on any atom is 0.175 e. The van der Waals surface area contributed by atoms with E-state index in [1.165, 1.54) is 0 Å². The molecule has 0 fully saturated rings. The number of aryl methyl sites for hydroxylation is 2. The molecular weight excluding hydrogens is 368 g/mol. The zero-order valence-corrected chi connectivity index (χ0v) is 16.6. The Bertz CT molecular complexity index is 1060. The van der Waals surface area contributed by atoms with Crippen LogP contribution in [0.3, 0.4) is 0 Å². The van der Waals surface area contributed by atoms with Gasteiger partial charge >= 0.3 is 0 Å². The molecule has 0 atom stereocenters. The van der Waals surface area contributed by atoms with Crippen LogP contribution in [0.4, 0.5) is 0 Å². The second kappa shape index (κ2) is 8.27. The molecule has 0 unspecified atom stereocenters. The molecular formula is C22H20N4OS. The Morgan fingerprint density at radius 1 is 0.893 bits per heavy atom. The standard InChI is InChI=1S/C22H20N4OS/c1-16-14-17(2)26(25-16)21-12-13-22(24-23-21)28-15-18-8-6-7-11-20(18)27-19-9-4-3-5-10-19/h3-14H,15H2,1-2H3. The number of hydrogen-bond donors (Lipinski definition) is 0. The normalized spacial score (nSPS) is 10.8. The summed E-state index contributed by atoms with van der Waals surface area (Å²) in [6.07, 6.45) is 0. The van der Waals surface area contributed by atoms with Crippen LogP contribution in [0, 0.1) is 13.8 Å². The molecule has 2 aromatic heterocycles. The van der Waals surface area contributed by atoms with Crippen LogP contribution in [-0.2, 0) is 5.75 Å². The van der Waals surface area contributed by atoms with Crippen LogP contribution in [0.15, 0.2) is 77.8 Å². The first-order chi connectivity index (χ1) is 13.7. The van der Waals surface area contributed by atoms with Gasteiger partial charge in [-0.1, -0.05) is 48.2 Å². The summed E-state index contributed by atoms with van der Waals surface area (Å²) in [7, 11) is 0. The molecule has 0 N–H and O–H groups in total. The SMILES string of the molecule is Cc1cc(C)n(-c2ccc(SCc3ccccc3Oc3ccccc3)nn2)n1. The van der Waals surface area contributed by atoms with Crippen LogP contribution < -0.4 is 4.74 Å². The molecule has 4 aromatic rings. The zero-order chi connectivity index (χ0) is 19.3. The van der Waals surface area contributed by atoms with Gasteiger partial charge < -0.3 is 4.74 Å². The van der Waals surface area contributed by atoms with E-state index >= 15 is 0 Å². The summed E-state index contributed by atoms with van der Waals surface area (Å²) in [6.45, 7) is 3.98. The molecule has 0 aliphatic rings. The summed E-state index contributed by atoms with van der Waals surface area (Å²) in [5.74, 6) is 3.15. The number of nitrogens with zero attached hydrogens (tertiary/aromatic N) is 4. The lowest BCUT2D eigenvalue weighted by Crippen LogP contribution is -2.03. The van der Waals surface area contributed by atoms with E-state index in [9.17, 15) is 0 Å². The average molecular weight is 388 g/mol. The Labute approximate surface area is 168 Å². The number of aromatic nitrogens is 4. The van der Waals surface area contributed by atoms with Gasteiger partial charge in [0.2, 0.25) is 0 Å². The van der Waals surface area contributed by atoms with Gasteiger partial charge in [-0.3, -0.25) is 0 Å². The van der Waals surface area contributed by atoms with Gasteiger partial charge in [-0.05, 0) is 50.2 Å². The monoisotopic (exact) mass is 388 g/mol. The lowest BCUT2D eigenvalue weighted by molar-refractivity contribution is 0.478. The van der Waals surface area contributed by atoms with Gasteiger partial charge in [0.25, 0.3) is 0 Å². The lowest BCUT2D eigenvalue weighted by atomic mass is 10.2. The Hall–Kier alpha value is -3.12. The highest BCUT2D eigenvalue weighted by atomic mass is 32.2. The largest absolute Gasteiger partial charge is 0.457 e. The summed E-state index contributed by atoms with van der Waals surface area (Å²) < 4.78 is 7.83. The third kappa shape index (κ3) is 4.23. The molecule has 0 spiro atoms. The molecule has 0 saturated carbocycles. The van der Waals surface area contributed by atoms with Crippen molar-refractivity contribution in [2.45, 2.75) is 24.6 Å². The number of ether oxygens (including phenoxy) is 1. The van der Waals surface area contributed by atoms with Crippen LogP contribution in [0.1, 0.15) is 17.0 Å². The van der Waals surface area contributed by atoms with Gasteiger partial charge in [0.1, 0.15) is 16.5 Å². The number of para-hydroxylation sites is 2. The predicted octanol–water partition coefficient (Wildman–Crippen LogP) is 5.36. The van der Waals surface area contributed by atoms with Crippen molar-refractivity contribution >= 4 is 11.8 Å². The van der Waals surface area contributed by atoms with E-state index in [2.05, 4.69) is 21.4 Å². The second-order valence-electron chi connectivity index (χ2n) is 6.38. The number of rotatable bonds is 6. The maximum absolute atomic E-state index is 6.03. The summed E-state index contributed by atoms with van der Waals surface area (Å²) in [5.41, 5.74) is 3.12. The Morgan fingerprint density at radius 2 is 1.68 bits per heavy atom. The summed E-state index contributed by atoms with van der Waals surface area (Å²) in [6, 6.07) is 23.8. The van der Waals surface area contributed by atoms with E-state index in [1.54, 1.807) is 16.4 Å². The molecule has 28 heavy (non-hydrogen) atoms. The predicted molar refractivity (Wildman–Crippen MR) is 111 cm³/mol. The molecule has 0 aliphatic heterocycles. The van der Waals surface area contributed by atoms with Crippen LogP contribution in [0.25, 0.3) is 5.82 Å². The topological polar surface area (TPSA) is 52.8 Å². The zero-order valence-electron chi connectivity index (χ0n) is 15.7. The first-order valence-corrected chi connectivity index (χ1v) is 9.98. The molecule has 4 rings (SSSR count). The number of thioether (sulfide) groups is 1. The molecule has 140 valence electrons. The highest BCUT2D eigenvalue weighted by Gasteiger charge is 2.08. The van der Waals surface area contributed by atoms with Crippen LogP contribution >= 0.6 is 11.8 Å². The smallest absolute Gasteiger partial charge is 0.175 e. The summed E-state index contributed by atoms with van der Waals surface area (Å²) in [5, 5.41) is 14.0. The number of hydrogen-bond acceptors (Lipinski definition) is 5. The average Bonchev–Trinajstić information content (AvgIpc) is 3.06.